The minimum absolute atomic E-state index is 0.0519. The summed E-state index contributed by atoms with van der Waals surface area (Å²) in [6.07, 6.45) is 0. The molecular weight excluding hydrogens is 366 g/mol. The highest BCUT2D eigenvalue weighted by molar-refractivity contribution is 7.99. The minimum atomic E-state index is -0.801. The largest absolute Gasteiger partial charge is 0.461 e. The van der Waals surface area contributed by atoms with Crippen molar-refractivity contribution in [2.75, 3.05) is 6.61 Å². The van der Waals surface area contributed by atoms with Gasteiger partial charge in [0.1, 0.15) is 17.3 Å². The molecule has 1 N–H and O–H groups in total. The van der Waals surface area contributed by atoms with E-state index in [2.05, 4.69) is 4.98 Å². The van der Waals surface area contributed by atoms with Crippen molar-refractivity contribution in [1.82, 2.24) is 4.98 Å². The number of aromatic nitrogens is 1. The molecule has 0 unspecified atom stereocenters. The third-order valence-electron chi connectivity index (χ3n) is 3.53. The molecule has 2 aromatic carbocycles. The van der Waals surface area contributed by atoms with Gasteiger partial charge in [0.2, 0.25) is 0 Å². The molecule has 0 amide bonds. The van der Waals surface area contributed by atoms with E-state index in [0.29, 0.717) is 10.9 Å². The van der Waals surface area contributed by atoms with Crippen LogP contribution in [0, 0.1) is 21.7 Å². The first-order chi connectivity index (χ1) is 12.4. The van der Waals surface area contributed by atoms with Crippen molar-refractivity contribution >= 4 is 34.3 Å². The molecule has 1 heterocycles. The number of esters is 1. The number of aromatic amines is 1. The Balaban J connectivity index is 2.17. The Morgan fingerprint density at radius 1 is 1.27 bits per heavy atom. The summed E-state index contributed by atoms with van der Waals surface area (Å²) in [7, 11) is 0. The summed E-state index contributed by atoms with van der Waals surface area (Å²) < 4.78 is 32.2. The lowest BCUT2D eigenvalue weighted by Crippen LogP contribution is -2.06. The molecular formula is C17H12F2N2O4S. The molecule has 0 spiro atoms. The van der Waals surface area contributed by atoms with Crippen LogP contribution < -0.4 is 0 Å². The highest BCUT2D eigenvalue weighted by Gasteiger charge is 2.22. The first-order valence-electron chi connectivity index (χ1n) is 7.51. The standard InChI is InChI=1S/C17H12F2N2O4S/c1-2-25-17(22)15-16(26-14-6-3-9(18)7-12(14)19)11-8-10(21(23)24)4-5-13(11)20-15/h3-8,20H,2H2,1H3. The van der Waals surface area contributed by atoms with Crippen molar-refractivity contribution in [2.45, 2.75) is 16.7 Å². The molecule has 0 fully saturated rings. The maximum Gasteiger partial charge on any atom is 0.355 e. The molecule has 3 rings (SSSR count). The van der Waals surface area contributed by atoms with Crippen molar-refractivity contribution in [1.29, 1.82) is 0 Å². The Morgan fingerprint density at radius 2 is 2.04 bits per heavy atom. The van der Waals surface area contributed by atoms with Crippen molar-refractivity contribution < 1.29 is 23.2 Å². The number of non-ortho nitro benzene ring substituents is 1. The van der Waals surface area contributed by atoms with Gasteiger partial charge in [-0.1, -0.05) is 11.8 Å². The Hall–Kier alpha value is -2.94. The number of nitrogens with zero attached hydrogens (tertiary/aromatic N) is 1. The molecule has 134 valence electrons. The number of nitro groups is 1. The Morgan fingerprint density at radius 3 is 2.69 bits per heavy atom. The molecule has 0 aliphatic rings. The van der Waals surface area contributed by atoms with Gasteiger partial charge in [0.05, 0.1) is 16.4 Å². The number of nitro benzene ring substituents is 1. The zero-order chi connectivity index (χ0) is 18.8. The summed E-state index contributed by atoms with van der Waals surface area (Å²) in [5, 5.41) is 11.4. The molecule has 6 nitrogen and oxygen atoms in total. The third kappa shape index (κ3) is 3.38. The van der Waals surface area contributed by atoms with Gasteiger partial charge in [0, 0.05) is 34.0 Å². The summed E-state index contributed by atoms with van der Waals surface area (Å²) >= 11 is 0.864. The van der Waals surface area contributed by atoms with Crippen LogP contribution in [0.5, 0.6) is 0 Å². The quantitative estimate of drug-likeness (QED) is 0.396. The normalized spacial score (nSPS) is 10.9. The minimum Gasteiger partial charge on any atom is -0.461 e. The predicted molar refractivity (Wildman–Crippen MR) is 91.4 cm³/mol. The number of hydrogen-bond acceptors (Lipinski definition) is 5. The molecule has 0 saturated heterocycles. The number of benzene rings is 2. The number of carbonyl (C=O) groups excluding carboxylic acids is 1. The van der Waals surface area contributed by atoms with Gasteiger partial charge in [-0.25, -0.2) is 13.6 Å². The van der Waals surface area contributed by atoms with Crippen molar-refractivity contribution in [3.8, 4) is 0 Å². The van der Waals surface area contributed by atoms with Gasteiger partial charge >= 0.3 is 5.97 Å². The van der Waals surface area contributed by atoms with E-state index in [1.54, 1.807) is 6.92 Å². The maximum atomic E-state index is 14.0. The average molecular weight is 378 g/mol. The molecule has 0 saturated carbocycles. The van der Waals surface area contributed by atoms with Crippen molar-refractivity contribution in [3.05, 3.63) is 63.8 Å². The van der Waals surface area contributed by atoms with Crippen LogP contribution in [0.4, 0.5) is 14.5 Å². The fraction of sp³-hybridized carbons (Fsp3) is 0.118. The van der Waals surface area contributed by atoms with Gasteiger partial charge in [-0.05, 0) is 25.1 Å². The smallest absolute Gasteiger partial charge is 0.355 e. The summed E-state index contributed by atoms with van der Waals surface area (Å²) in [6, 6.07) is 7.09. The molecule has 0 aliphatic heterocycles. The number of ether oxygens (including phenoxy) is 1. The van der Waals surface area contributed by atoms with Gasteiger partial charge < -0.3 is 9.72 Å². The van der Waals surface area contributed by atoms with Crippen LogP contribution in [0.25, 0.3) is 10.9 Å². The van der Waals surface area contributed by atoms with Crippen LogP contribution >= 0.6 is 11.8 Å². The summed E-state index contributed by atoms with van der Waals surface area (Å²) in [5.74, 6) is -2.20. The first kappa shape index (κ1) is 17.9. The van der Waals surface area contributed by atoms with Gasteiger partial charge in [0.15, 0.2) is 0 Å². The molecule has 26 heavy (non-hydrogen) atoms. The van der Waals surface area contributed by atoms with Crippen LogP contribution in [-0.2, 0) is 4.74 Å². The number of rotatable bonds is 5. The van der Waals surface area contributed by atoms with E-state index in [9.17, 15) is 23.7 Å². The van der Waals surface area contributed by atoms with E-state index >= 15 is 0 Å². The van der Waals surface area contributed by atoms with Crippen LogP contribution in [-0.4, -0.2) is 22.5 Å². The van der Waals surface area contributed by atoms with E-state index in [1.807, 2.05) is 0 Å². The average Bonchev–Trinajstić information content (AvgIpc) is 2.95. The second-order valence-electron chi connectivity index (χ2n) is 5.21. The Labute approximate surface area is 150 Å². The monoisotopic (exact) mass is 378 g/mol. The van der Waals surface area contributed by atoms with E-state index in [1.165, 1.54) is 24.3 Å². The fourth-order valence-corrected chi connectivity index (χ4v) is 3.42. The van der Waals surface area contributed by atoms with E-state index in [0.717, 1.165) is 23.9 Å². The molecule has 0 radical (unpaired) electrons. The number of hydrogen-bond donors (Lipinski definition) is 1. The third-order valence-corrected chi connectivity index (χ3v) is 4.71. The number of fused-ring (bicyclic) bond motifs is 1. The number of H-pyrrole nitrogens is 1. The van der Waals surface area contributed by atoms with Crippen LogP contribution in [0.3, 0.4) is 0 Å². The Bertz CT molecular complexity index is 1020. The van der Waals surface area contributed by atoms with Crippen LogP contribution in [0.2, 0.25) is 0 Å². The lowest BCUT2D eigenvalue weighted by atomic mass is 10.2. The lowest BCUT2D eigenvalue weighted by molar-refractivity contribution is -0.384. The van der Waals surface area contributed by atoms with Crippen LogP contribution in [0.1, 0.15) is 17.4 Å². The summed E-state index contributed by atoms with van der Waals surface area (Å²) in [4.78, 5) is 25.9. The predicted octanol–water partition coefficient (Wildman–Crippen LogP) is 4.68. The summed E-state index contributed by atoms with van der Waals surface area (Å²) in [6.45, 7) is 1.77. The number of carbonyl (C=O) groups is 1. The molecule has 0 atom stereocenters. The summed E-state index contributed by atoms with van der Waals surface area (Å²) in [5.41, 5.74) is 0.341. The zero-order valence-electron chi connectivity index (χ0n) is 13.4. The van der Waals surface area contributed by atoms with Gasteiger partial charge in [-0.3, -0.25) is 10.1 Å². The highest BCUT2D eigenvalue weighted by Crippen LogP contribution is 2.39. The zero-order valence-corrected chi connectivity index (χ0v) is 14.2. The number of nitrogens with one attached hydrogen (secondary N) is 1. The van der Waals surface area contributed by atoms with Crippen LogP contribution in [0.15, 0.2) is 46.2 Å². The molecule has 9 heteroatoms. The Kier molecular flexibility index (Phi) is 4.90. The lowest BCUT2D eigenvalue weighted by Gasteiger charge is -2.06. The van der Waals surface area contributed by atoms with E-state index < -0.39 is 22.5 Å². The fourth-order valence-electron chi connectivity index (χ4n) is 2.39. The van der Waals surface area contributed by atoms with Crippen molar-refractivity contribution in [3.63, 3.8) is 0 Å². The van der Waals surface area contributed by atoms with Gasteiger partial charge in [0.25, 0.3) is 5.69 Å². The molecule has 0 aliphatic carbocycles. The topological polar surface area (TPSA) is 85.2 Å². The van der Waals surface area contributed by atoms with Crippen molar-refractivity contribution in [2.24, 2.45) is 0 Å². The highest BCUT2D eigenvalue weighted by atomic mass is 32.2. The SMILES string of the molecule is CCOC(=O)c1[nH]c2ccc([N+](=O)[O-])cc2c1Sc1ccc(F)cc1F. The number of halogens is 2. The van der Waals surface area contributed by atoms with E-state index in [4.69, 9.17) is 4.74 Å². The first-order valence-corrected chi connectivity index (χ1v) is 8.32. The maximum absolute atomic E-state index is 14.0. The van der Waals surface area contributed by atoms with E-state index in [-0.39, 0.29) is 27.8 Å². The van der Waals surface area contributed by atoms with Gasteiger partial charge in [-0.15, -0.1) is 0 Å². The molecule has 3 aromatic rings. The molecule has 1 aromatic heterocycles. The second-order valence-corrected chi connectivity index (χ2v) is 6.27. The van der Waals surface area contributed by atoms with Gasteiger partial charge in [-0.2, -0.15) is 0 Å². The molecule has 0 bridgehead atoms. The second kappa shape index (κ2) is 7.12.